The first kappa shape index (κ1) is 15.5. The van der Waals surface area contributed by atoms with Gasteiger partial charge in [-0.1, -0.05) is 30.3 Å². The normalized spacial score (nSPS) is 23.9. The third-order valence-electron chi connectivity index (χ3n) is 3.88. The van der Waals surface area contributed by atoms with Crippen molar-refractivity contribution in [2.45, 2.75) is 38.5 Å². The highest BCUT2D eigenvalue weighted by Gasteiger charge is 2.38. The molecule has 0 aromatic heterocycles. The van der Waals surface area contributed by atoms with Gasteiger partial charge in [-0.15, -0.1) is 0 Å². The van der Waals surface area contributed by atoms with Gasteiger partial charge in [0.2, 0.25) is 11.8 Å². The number of methoxy groups -OCH3 is 1. The van der Waals surface area contributed by atoms with Crippen molar-refractivity contribution < 1.29 is 14.3 Å². The zero-order valence-electron chi connectivity index (χ0n) is 12.7. The molecule has 0 aliphatic carbocycles. The maximum Gasteiger partial charge on any atom is 0.246 e. The fraction of sp³-hybridized carbons (Fsp3) is 0.500. The molecule has 5 heteroatoms. The van der Waals surface area contributed by atoms with E-state index in [0.717, 1.165) is 5.56 Å². The number of carbonyl (C=O) groups is 2. The molecule has 1 aliphatic heterocycles. The Morgan fingerprint density at radius 1 is 1.29 bits per heavy atom. The largest absolute Gasteiger partial charge is 0.380 e. The Morgan fingerprint density at radius 2 is 1.95 bits per heavy atom. The highest BCUT2D eigenvalue weighted by Crippen LogP contribution is 2.14. The topological polar surface area (TPSA) is 58.6 Å². The molecule has 2 amide bonds. The number of carbonyl (C=O) groups excluding carboxylic acids is 2. The van der Waals surface area contributed by atoms with Gasteiger partial charge in [-0.2, -0.15) is 0 Å². The smallest absolute Gasteiger partial charge is 0.246 e. The molecule has 1 N–H and O–H groups in total. The van der Waals surface area contributed by atoms with Crippen LogP contribution in [0.15, 0.2) is 30.3 Å². The number of ether oxygens (including phenoxy) is 1. The molecule has 3 atom stereocenters. The van der Waals surface area contributed by atoms with Crippen LogP contribution < -0.4 is 5.32 Å². The van der Waals surface area contributed by atoms with Gasteiger partial charge in [0.1, 0.15) is 12.1 Å². The van der Waals surface area contributed by atoms with Crippen molar-refractivity contribution in [1.29, 1.82) is 0 Å². The Bertz CT molecular complexity index is 504. The number of hydrogen-bond acceptors (Lipinski definition) is 3. The van der Waals surface area contributed by atoms with Gasteiger partial charge < -0.3 is 15.0 Å². The van der Waals surface area contributed by atoms with Gasteiger partial charge in [-0.3, -0.25) is 9.59 Å². The van der Waals surface area contributed by atoms with Crippen LogP contribution in [-0.4, -0.2) is 48.6 Å². The lowest BCUT2D eigenvalue weighted by Crippen LogP contribution is -2.64. The van der Waals surface area contributed by atoms with Crippen molar-refractivity contribution in [3.8, 4) is 0 Å². The summed E-state index contributed by atoms with van der Waals surface area (Å²) in [4.78, 5) is 26.3. The lowest BCUT2D eigenvalue weighted by Gasteiger charge is -2.38. The summed E-state index contributed by atoms with van der Waals surface area (Å²) in [7, 11) is 1.60. The van der Waals surface area contributed by atoms with Crippen LogP contribution in [0.1, 0.15) is 19.4 Å². The Hall–Kier alpha value is -1.88. The van der Waals surface area contributed by atoms with Crippen LogP contribution in [0.25, 0.3) is 0 Å². The predicted molar refractivity (Wildman–Crippen MR) is 79.7 cm³/mol. The lowest BCUT2D eigenvalue weighted by molar-refractivity contribution is -0.150. The molecule has 1 saturated heterocycles. The minimum absolute atomic E-state index is 0.0464. The van der Waals surface area contributed by atoms with Crippen LogP contribution in [0, 0.1) is 0 Å². The summed E-state index contributed by atoms with van der Waals surface area (Å²) in [6.07, 6.45) is 0.412. The zero-order chi connectivity index (χ0) is 15.4. The third-order valence-corrected chi connectivity index (χ3v) is 3.88. The third kappa shape index (κ3) is 3.61. The molecule has 0 saturated carbocycles. The van der Waals surface area contributed by atoms with Crippen LogP contribution in [-0.2, 0) is 20.7 Å². The van der Waals surface area contributed by atoms with E-state index < -0.39 is 12.1 Å². The molecule has 114 valence electrons. The summed E-state index contributed by atoms with van der Waals surface area (Å²) in [5.41, 5.74) is 1.03. The molecule has 1 aliphatic rings. The van der Waals surface area contributed by atoms with Gasteiger partial charge in [0.05, 0.1) is 6.10 Å². The van der Waals surface area contributed by atoms with Gasteiger partial charge in [0.25, 0.3) is 0 Å². The van der Waals surface area contributed by atoms with Crippen molar-refractivity contribution in [3.05, 3.63) is 35.9 Å². The summed E-state index contributed by atoms with van der Waals surface area (Å²) >= 11 is 0. The Labute approximate surface area is 125 Å². The fourth-order valence-corrected chi connectivity index (χ4v) is 2.47. The van der Waals surface area contributed by atoms with E-state index in [0.29, 0.717) is 13.0 Å². The molecule has 1 fully saturated rings. The van der Waals surface area contributed by atoms with E-state index in [9.17, 15) is 9.59 Å². The van der Waals surface area contributed by atoms with Crippen LogP contribution in [0.3, 0.4) is 0 Å². The second kappa shape index (κ2) is 6.72. The van der Waals surface area contributed by atoms with E-state index in [4.69, 9.17) is 4.74 Å². The summed E-state index contributed by atoms with van der Waals surface area (Å²) < 4.78 is 5.21. The maximum absolute atomic E-state index is 12.6. The van der Waals surface area contributed by atoms with E-state index in [1.807, 2.05) is 37.3 Å². The average molecular weight is 290 g/mol. The van der Waals surface area contributed by atoms with E-state index in [-0.39, 0.29) is 17.9 Å². The van der Waals surface area contributed by atoms with E-state index in [1.165, 1.54) is 0 Å². The monoisotopic (exact) mass is 290 g/mol. The van der Waals surface area contributed by atoms with Crippen LogP contribution in [0.2, 0.25) is 0 Å². The van der Waals surface area contributed by atoms with E-state index in [1.54, 1.807) is 18.9 Å². The molecule has 2 rings (SSSR count). The molecule has 0 radical (unpaired) electrons. The van der Waals surface area contributed by atoms with Gasteiger partial charge >= 0.3 is 0 Å². The molecular formula is C16H22N2O3. The number of hydrogen-bond donors (Lipinski definition) is 1. The van der Waals surface area contributed by atoms with Crippen molar-refractivity contribution in [3.63, 3.8) is 0 Å². The second-order valence-electron chi connectivity index (χ2n) is 5.46. The second-order valence-corrected chi connectivity index (χ2v) is 5.46. The predicted octanol–water partition coefficient (Wildman–Crippen LogP) is 0.979. The molecule has 1 heterocycles. The fourth-order valence-electron chi connectivity index (χ4n) is 2.47. The van der Waals surface area contributed by atoms with Crippen molar-refractivity contribution in [1.82, 2.24) is 10.2 Å². The number of amides is 2. The SMILES string of the molecule is COC(C)CN1C(=O)C(Cc2ccccc2)NC(=O)C1C. The first-order valence-electron chi connectivity index (χ1n) is 7.20. The molecule has 1 aromatic rings. The zero-order valence-corrected chi connectivity index (χ0v) is 12.7. The van der Waals surface area contributed by atoms with Gasteiger partial charge in [-0.05, 0) is 19.4 Å². The molecular weight excluding hydrogens is 268 g/mol. The van der Waals surface area contributed by atoms with Crippen molar-refractivity contribution in [2.75, 3.05) is 13.7 Å². The average Bonchev–Trinajstić information content (AvgIpc) is 2.50. The standard InChI is InChI=1S/C16H22N2O3/c1-11(21-3)10-18-12(2)15(19)17-14(16(18)20)9-13-7-5-4-6-8-13/h4-8,11-12,14H,9-10H2,1-3H3,(H,17,19). The summed E-state index contributed by atoms with van der Waals surface area (Å²) in [5, 5.41) is 2.81. The van der Waals surface area contributed by atoms with E-state index in [2.05, 4.69) is 5.32 Å². The Balaban J connectivity index is 2.12. The van der Waals surface area contributed by atoms with Crippen LogP contribution >= 0.6 is 0 Å². The number of piperazine rings is 1. The Kier molecular flexibility index (Phi) is 4.96. The van der Waals surface area contributed by atoms with E-state index >= 15 is 0 Å². The Morgan fingerprint density at radius 3 is 2.57 bits per heavy atom. The first-order chi connectivity index (χ1) is 10.0. The van der Waals surface area contributed by atoms with Gasteiger partial charge in [-0.25, -0.2) is 0 Å². The van der Waals surface area contributed by atoms with Crippen molar-refractivity contribution in [2.24, 2.45) is 0 Å². The number of nitrogens with one attached hydrogen (secondary N) is 1. The van der Waals surface area contributed by atoms with Crippen LogP contribution in [0.5, 0.6) is 0 Å². The van der Waals surface area contributed by atoms with Gasteiger partial charge in [0.15, 0.2) is 0 Å². The van der Waals surface area contributed by atoms with Crippen LogP contribution in [0.4, 0.5) is 0 Å². The first-order valence-corrected chi connectivity index (χ1v) is 7.20. The number of nitrogens with zero attached hydrogens (tertiary/aromatic N) is 1. The minimum atomic E-state index is -0.500. The van der Waals surface area contributed by atoms with Crippen molar-refractivity contribution >= 4 is 11.8 Å². The summed E-state index contributed by atoms with van der Waals surface area (Å²) in [6, 6.07) is 8.75. The molecule has 3 unspecified atom stereocenters. The molecule has 0 spiro atoms. The quantitative estimate of drug-likeness (QED) is 0.879. The highest BCUT2D eigenvalue weighted by molar-refractivity contribution is 5.96. The molecule has 1 aromatic carbocycles. The number of benzene rings is 1. The lowest BCUT2D eigenvalue weighted by atomic mass is 10.0. The highest BCUT2D eigenvalue weighted by atomic mass is 16.5. The van der Waals surface area contributed by atoms with Gasteiger partial charge in [0, 0.05) is 20.1 Å². The number of rotatable bonds is 5. The molecule has 21 heavy (non-hydrogen) atoms. The summed E-state index contributed by atoms with van der Waals surface area (Å²) in [6.45, 7) is 4.06. The molecule has 5 nitrogen and oxygen atoms in total. The molecule has 0 bridgehead atoms. The minimum Gasteiger partial charge on any atom is -0.380 e. The maximum atomic E-state index is 12.6. The summed E-state index contributed by atoms with van der Waals surface area (Å²) in [5.74, 6) is -0.159.